The van der Waals surface area contributed by atoms with Crippen LogP contribution in [0.5, 0.6) is 0 Å². The molecule has 6 N–H and O–H groups in total. The average molecular weight is 315 g/mol. The van der Waals surface area contributed by atoms with Crippen LogP contribution in [0.3, 0.4) is 0 Å². The number of aromatic amines is 1. The number of ether oxygens (including phenoxy) is 1. The van der Waals surface area contributed by atoms with Crippen LogP contribution in [0.1, 0.15) is 6.23 Å². The highest BCUT2D eigenvalue weighted by Crippen LogP contribution is 2.31. The maximum Gasteiger partial charge on any atom is 0.296 e. The van der Waals surface area contributed by atoms with Gasteiger partial charge in [0, 0.05) is 0 Å². The average Bonchev–Trinajstić information content (AvgIpc) is 2.99. The van der Waals surface area contributed by atoms with Crippen LogP contribution >= 0.6 is 12.2 Å². The number of anilines is 1. The normalized spacial score (nSPS) is 29.3. The van der Waals surface area contributed by atoms with Crippen LogP contribution in [0.4, 0.5) is 5.82 Å². The fourth-order valence-electron chi connectivity index (χ4n) is 2.33. The third-order valence-corrected chi connectivity index (χ3v) is 3.72. The van der Waals surface area contributed by atoms with Gasteiger partial charge in [0.1, 0.15) is 24.6 Å². The molecular weight excluding hydrogens is 302 g/mol. The Morgan fingerprint density at radius 2 is 2.24 bits per heavy atom. The molecule has 3 heterocycles. The molecular formula is C10H13N5O5S. The Bertz CT molecular complexity index is 745. The SMILES string of the molecule is Nc1c2ncn([C@@H]3O[C@H](CO)[C@@H](O)[C@H]3O)c2[nH]c(=S)[n+]1[O-]. The molecule has 10 nitrogen and oxygen atoms in total. The Balaban J connectivity index is 2.12. The number of aliphatic hydroxyl groups is 3. The minimum absolute atomic E-state index is 0.163. The molecule has 0 aliphatic carbocycles. The summed E-state index contributed by atoms with van der Waals surface area (Å²) in [7, 11) is 0. The highest BCUT2D eigenvalue weighted by Gasteiger charge is 2.44. The summed E-state index contributed by atoms with van der Waals surface area (Å²) in [6.07, 6.45) is -3.13. The molecule has 0 radical (unpaired) electrons. The second-order valence-electron chi connectivity index (χ2n) is 4.69. The Kier molecular flexibility index (Phi) is 3.30. The topological polar surface area (TPSA) is 156 Å². The van der Waals surface area contributed by atoms with E-state index in [0.29, 0.717) is 4.73 Å². The van der Waals surface area contributed by atoms with Gasteiger partial charge >= 0.3 is 0 Å². The number of H-pyrrole nitrogens is 1. The smallest absolute Gasteiger partial charge is 0.296 e. The van der Waals surface area contributed by atoms with Crippen LogP contribution in [-0.4, -0.2) is 54.8 Å². The lowest BCUT2D eigenvalue weighted by molar-refractivity contribution is -0.599. The van der Waals surface area contributed by atoms with Crippen molar-refractivity contribution in [3.63, 3.8) is 0 Å². The molecule has 3 rings (SSSR count). The molecule has 4 atom stereocenters. The summed E-state index contributed by atoms with van der Waals surface area (Å²) in [4.78, 5) is 6.62. The number of imidazole rings is 1. The summed E-state index contributed by atoms with van der Waals surface area (Å²) < 4.78 is 6.91. The number of hydrogen-bond donors (Lipinski definition) is 5. The maximum absolute atomic E-state index is 11.6. The van der Waals surface area contributed by atoms with E-state index in [1.807, 2.05) is 0 Å². The number of nitrogens with two attached hydrogens (primary N) is 1. The molecule has 0 bridgehead atoms. The lowest BCUT2D eigenvalue weighted by Gasteiger charge is -2.16. The zero-order valence-electron chi connectivity index (χ0n) is 10.6. The summed E-state index contributed by atoms with van der Waals surface area (Å²) in [6.45, 7) is -0.444. The molecule has 11 heteroatoms. The predicted molar refractivity (Wildman–Crippen MR) is 71.3 cm³/mol. The van der Waals surface area contributed by atoms with Crippen molar-refractivity contribution < 1.29 is 24.8 Å². The molecule has 0 saturated carbocycles. The first-order chi connectivity index (χ1) is 9.95. The number of rotatable bonds is 2. The van der Waals surface area contributed by atoms with E-state index in [9.17, 15) is 15.4 Å². The first-order valence-corrected chi connectivity index (χ1v) is 6.46. The Morgan fingerprint density at radius 3 is 2.86 bits per heavy atom. The Labute approximate surface area is 122 Å². The van der Waals surface area contributed by atoms with Crippen molar-refractivity contribution in [1.29, 1.82) is 0 Å². The van der Waals surface area contributed by atoms with Gasteiger partial charge in [0.2, 0.25) is 5.65 Å². The van der Waals surface area contributed by atoms with Gasteiger partial charge in [0.05, 0.1) is 6.61 Å². The van der Waals surface area contributed by atoms with Gasteiger partial charge in [-0.15, -0.1) is 0 Å². The van der Waals surface area contributed by atoms with E-state index in [-0.39, 0.29) is 21.8 Å². The number of nitrogen functional groups attached to an aromatic ring is 1. The van der Waals surface area contributed by atoms with Gasteiger partial charge in [-0.1, -0.05) is 0 Å². The lowest BCUT2D eigenvalue weighted by Crippen LogP contribution is -2.34. The van der Waals surface area contributed by atoms with Crippen molar-refractivity contribution in [2.45, 2.75) is 24.5 Å². The Hall–Kier alpha value is -1.79. The van der Waals surface area contributed by atoms with Crippen LogP contribution in [-0.2, 0) is 4.74 Å². The van der Waals surface area contributed by atoms with Gasteiger partial charge in [0.25, 0.3) is 10.6 Å². The van der Waals surface area contributed by atoms with Gasteiger partial charge in [-0.25, -0.2) is 14.7 Å². The first kappa shape index (κ1) is 14.2. The summed E-state index contributed by atoms with van der Waals surface area (Å²) in [5.41, 5.74) is 6.08. The molecule has 1 saturated heterocycles. The second kappa shape index (κ2) is 4.89. The van der Waals surface area contributed by atoms with Crippen LogP contribution < -0.4 is 10.5 Å². The molecule has 1 aliphatic heterocycles. The van der Waals surface area contributed by atoms with Crippen LogP contribution in [0, 0.1) is 9.98 Å². The molecule has 1 aliphatic rings. The summed E-state index contributed by atoms with van der Waals surface area (Å²) >= 11 is 4.85. The van der Waals surface area contributed by atoms with Crippen molar-refractivity contribution in [2.75, 3.05) is 12.3 Å². The molecule has 21 heavy (non-hydrogen) atoms. The number of aromatic nitrogens is 4. The van der Waals surface area contributed by atoms with E-state index < -0.39 is 31.1 Å². The highest BCUT2D eigenvalue weighted by atomic mass is 32.1. The quantitative estimate of drug-likeness (QED) is 0.240. The van der Waals surface area contributed by atoms with E-state index >= 15 is 0 Å². The second-order valence-corrected chi connectivity index (χ2v) is 5.07. The summed E-state index contributed by atoms with van der Waals surface area (Å²) in [6, 6.07) is 0. The van der Waals surface area contributed by atoms with Crippen molar-refractivity contribution in [3.8, 4) is 0 Å². The summed E-state index contributed by atoms with van der Waals surface area (Å²) in [5.74, 6) is -0.181. The third kappa shape index (κ3) is 1.98. The van der Waals surface area contributed by atoms with Gasteiger partial charge in [-0.05, 0) is 12.2 Å². The summed E-state index contributed by atoms with van der Waals surface area (Å²) in [5, 5.41) is 40.5. The fraction of sp³-hybridized carbons (Fsp3) is 0.500. The Morgan fingerprint density at radius 1 is 1.52 bits per heavy atom. The minimum atomic E-state index is -1.28. The lowest BCUT2D eigenvalue weighted by atomic mass is 10.1. The molecule has 114 valence electrons. The minimum Gasteiger partial charge on any atom is -0.739 e. The number of nitrogens with one attached hydrogen (secondary N) is 1. The maximum atomic E-state index is 11.6. The molecule has 2 aromatic heterocycles. The largest absolute Gasteiger partial charge is 0.739 e. The van der Waals surface area contributed by atoms with Crippen molar-refractivity contribution in [1.82, 2.24) is 14.5 Å². The molecule has 0 aromatic carbocycles. The molecule has 2 aromatic rings. The predicted octanol–water partition coefficient (Wildman–Crippen LogP) is -2.08. The molecule has 0 unspecified atom stereocenters. The third-order valence-electron chi connectivity index (χ3n) is 3.46. The van der Waals surface area contributed by atoms with Gasteiger partial charge in [0.15, 0.2) is 11.7 Å². The number of fused-ring (bicyclic) bond motifs is 1. The first-order valence-electron chi connectivity index (χ1n) is 6.06. The number of nitrogens with zero attached hydrogens (tertiary/aromatic N) is 3. The number of aliphatic hydroxyl groups excluding tert-OH is 3. The zero-order valence-corrected chi connectivity index (χ0v) is 11.4. The molecule has 0 amide bonds. The van der Waals surface area contributed by atoms with E-state index in [4.69, 9.17) is 27.8 Å². The standard InChI is InChI=1S/C10H13N5O5S/c11-7-4-8(13-10(21)15(7)19)14(2-12-4)9-6(18)5(17)3(1-16)20-9/h2-3,5-6,9,16-18H,1,11H2,(H,13,21)/t3-,5-,6-,9-/m1/s1. The number of hydrogen-bond acceptors (Lipinski definition) is 8. The van der Waals surface area contributed by atoms with Crippen LogP contribution in [0.15, 0.2) is 6.33 Å². The van der Waals surface area contributed by atoms with Gasteiger partial charge < -0.3 is 31.0 Å². The van der Waals surface area contributed by atoms with E-state index in [1.54, 1.807) is 0 Å². The monoisotopic (exact) mass is 315 g/mol. The van der Waals surface area contributed by atoms with Crippen molar-refractivity contribution >= 4 is 29.2 Å². The van der Waals surface area contributed by atoms with Crippen molar-refractivity contribution in [2.24, 2.45) is 0 Å². The van der Waals surface area contributed by atoms with E-state index in [1.165, 1.54) is 10.9 Å². The molecule has 0 spiro atoms. The zero-order chi connectivity index (χ0) is 15.3. The van der Waals surface area contributed by atoms with E-state index in [0.717, 1.165) is 0 Å². The van der Waals surface area contributed by atoms with Crippen LogP contribution in [0.25, 0.3) is 11.2 Å². The highest BCUT2D eigenvalue weighted by molar-refractivity contribution is 7.71. The van der Waals surface area contributed by atoms with Crippen molar-refractivity contribution in [3.05, 3.63) is 16.3 Å². The van der Waals surface area contributed by atoms with E-state index in [2.05, 4.69) is 9.97 Å². The fourth-order valence-corrected chi connectivity index (χ4v) is 2.53. The molecule has 1 fully saturated rings. The van der Waals surface area contributed by atoms with Gasteiger partial charge in [-0.3, -0.25) is 4.57 Å². The van der Waals surface area contributed by atoms with Gasteiger partial charge in [-0.2, -0.15) is 0 Å². The van der Waals surface area contributed by atoms with Crippen LogP contribution in [0.2, 0.25) is 0 Å².